The van der Waals surface area contributed by atoms with E-state index in [0.29, 0.717) is 34.1 Å². The summed E-state index contributed by atoms with van der Waals surface area (Å²) in [6.45, 7) is 9.36. The molecule has 4 heterocycles. The van der Waals surface area contributed by atoms with E-state index in [1.807, 2.05) is 42.3 Å². The van der Waals surface area contributed by atoms with Crippen LogP contribution < -0.4 is 15.1 Å². The normalized spacial score (nSPS) is 23.9. The van der Waals surface area contributed by atoms with E-state index in [9.17, 15) is 10.1 Å². The Balaban J connectivity index is 1.01. The van der Waals surface area contributed by atoms with Gasteiger partial charge in [-0.1, -0.05) is 11.6 Å². The van der Waals surface area contributed by atoms with Gasteiger partial charge in [-0.3, -0.25) is 9.69 Å². The summed E-state index contributed by atoms with van der Waals surface area (Å²) in [5.41, 5.74) is 3.97. The molecule has 0 saturated carbocycles. The number of likely N-dealkylation sites (tertiary alicyclic amines) is 2. The Morgan fingerprint density at radius 1 is 1.02 bits per heavy atom. The average molecular weight is 561 g/mol. The van der Waals surface area contributed by atoms with Gasteiger partial charge in [-0.05, 0) is 94.0 Å². The summed E-state index contributed by atoms with van der Waals surface area (Å²) in [7, 11) is 2.04. The van der Waals surface area contributed by atoms with Crippen molar-refractivity contribution in [3.8, 4) is 6.07 Å². The first-order valence-electron chi connectivity index (χ1n) is 14.9. The van der Waals surface area contributed by atoms with Crippen LogP contribution in [0.5, 0.6) is 0 Å². The molecule has 8 heteroatoms. The van der Waals surface area contributed by atoms with Crippen molar-refractivity contribution in [1.29, 1.82) is 5.26 Å². The molecule has 1 spiro atoms. The molecule has 1 atom stereocenters. The van der Waals surface area contributed by atoms with Crippen molar-refractivity contribution in [2.75, 3.05) is 62.7 Å². The van der Waals surface area contributed by atoms with E-state index in [4.69, 9.17) is 11.6 Å². The number of benzene rings is 2. The Kier molecular flexibility index (Phi) is 7.69. The number of hydrogen-bond donors (Lipinski definition) is 1. The largest absolute Gasteiger partial charge is 0.371 e. The van der Waals surface area contributed by atoms with Crippen LogP contribution in [0.2, 0.25) is 5.02 Å². The maximum absolute atomic E-state index is 13.2. The molecule has 7 nitrogen and oxygen atoms in total. The zero-order chi connectivity index (χ0) is 27.9. The monoisotopic (exact) mass is 560 g/mol. The smallest absolute Gasteiger partial charge is 0.253 e. The predicted octanol–water partition coefficient (Wildman–Crippen LogP) is 4.61. The van der Waals surface area contributed by atoms with Crippen LogP contribution in [0.4, 0.5) is 11.4 Å². The molecule has 0 aliphatic carbocycles. The summed E-state index contributed by atoms with van der Waals surface area (Å²) in [5, 5.41) is 13.1. The summed E-state index contributed by atoms with van der Waals surface area (Å²) < 4.78 is 0. The topological polar surface area (TPSA) is 65.8 Å². The lowest BCUT2D eigenvalue weighted by Crippen LogP contribution is -2.62. The van der Waals surface area contributed by atoms with E-state index in [1.54, 1.807) is 0 Å². The van der Waals surface area contributed by atoms with Gasteiger partial charge in [0.25, 0.3) is 5.91 Å². The first kappa shape index (κ1) is 27.4. The molecule has 2 aromatic carbocycles. The standard InChI is InChI=1S/C32H41ClN6O/c1-23-18-32(22-39(23)29-8-5-25(19-34)30(33)17-29)11-15-36(16-12-32)27-6-3-24(4-7-27)31(40)37-13-9-28(10-14-37)38-20-26(21-38)35-2/h3-8,17,23,26,28,35H,9-16,18,20-22H2,1-2H3/t23-/m0/s1. The van der Waals surface area contributed by atoms with Crippen molar-refractivity contribution in [2.45, 2.75) is 57.2 Å². The van der Waals surface area contributed by atoms with Crippen LogP contribution in [-0.4, -0.2) is 86.7 Å². The molecule has 4 saturated heterocycles. The number of likely N-dealkylation sites (N-methyl/N-ethyl adjacent to an activating group) is 1. The molecular formula is C32H41ClN6O. The number of halogens is 1. The maximum Gasteiger partial charge on any atom is 0.253 e. The minimum Gasteiger partial charge on any atom is -0.371 e. The zero-order valence-electron chi connectivity index (χ0n) is 23.8. The lowest BCUT2D eigenvalue weighted by molar-refractivity contribution is 0.0349. The molecule has 0 unspecified atom stereocenters. The fourth-order valence-electron chi connectivity index (χ4n) is 7.46. The van der Waals surface area contributed by atoms with Gasteiger partial charge in [0.15, 0.2) is 0 Å². The van der Waals surface area contributed by atoms with Gasteiger partial charge in [0.05, 0.1) is 10.6 Å². The fourth-order valence-corrected chi connectivity index (χ4v) is 7.68. The first-order chi connectivity index (χ1) is 19.4. The summed E-state index contributed by atoms with van der Waals surface area (Å²) >= 11 is 6.35. The Bertz CT molecular complexity index is 1250. The van der Waals surface area contributed by atoms with E-state index >= 15 is 0 Å². The molecule has 1 amide bonds. The summed E-state index contributed by atoms with van der Waals surface area (Å²) in [4.78, 5) is 22.8. The molecule has 0 bridgehead atoms. The number of rotatable bonds is 5. The van der Waals surface area contributed by atoms with E-state index in [0.717, 1.165) is 82.7 Å². The van der Waals surface area contributed by atoms with Crippen LogP contribution in [-0.2, 0) is 0 Å². The van der Waals surface area contributed by atoms with E-state index in [-0.39, 0.29) is 5.91 Å². The van der Waals surface area contributed by atoms with Crippen LogP contribution in [0.1, 0.15) is 54.9 Å². The molecular weight excluding hydrogens is 520 g/mol. The molecule has 2 aromatic rings. The van der Waals surface area contributed by atoms with Gasteiger partial charge in [-0.25, -0.2) is 0 Å². The van der Waals surface area contributed by atoms with E-state index in [1.165, 1.54) is 12.1 Å². The second kappa shape index (κ2) is 11.2. The van der Waals surface area contributed by atoms with Crippen molar-refractivity contribution < 1.29 is 4.79 Å². The van der Waals surface area contributed by atoms with E-state index in [2.05, 4.69) is 45.1 Å². The van der Waals surface area contributed by atoms with Crippen molar-refractivity contribution in [1.82, 2.24) is 15.1 Å². The first-order valence-corrected chi connectivity index (χ1v) is 15.3. The third-order valence-corrected chi connectivity index (χ3v) is 10.4. The van der Waals surface area contributed by atoms with Crippen molar-refractivity contribution >= 4 is 28.9 Å². The molecule has 0 aromatic heterocycles. The predicted molar refractivity (Wildman–Crippen MR) is 161 cm³/mol. The summed E-state index contributed by atoms with van der Waals surface area (Å²) in [6.07, 6.45) is 5.63. The minimum atomic E-state index is 0.169. The van der Waals surface area contributed by atoms with Crippen LogP contribution in [0.15, 0.2) is 42.5 Å². The number of nitrogens with one attached hydrogen (secondary N) is 1. The zero-order valence-corrected chi connectivity index (χ0v) is 24.5. The van der Waals surface area contributed by atoms with Gasteiger partial charge in [0.2, 0.25) is 0 Å². The molecule has 4 aliphatic rings. The van der Waals surface area contributed by atoms with Crippen molar-refractivity contribution in [3.05, 3.63) is 58.6 Å². The third kappa shape index (κ3) is 5.30. The lowest BCUT2D eigenvalue weighted by Gasteiger charge is -2.47. The number of nitriles is 1. The molecule has 4 fully saturated rings. The number of hydrogen-bond acceptors (Lipinski definition) is 6. The molecule has 6 rings (SSSR count). The molecule has 40 heavy (non-hydrogen) atoms. The highest BCUT2D eigenvalue weighted by Gasteiger charge is 2.44. The number of anilines is 2. The highest BCUT2D eigenvalue weighted by Crippen LogP contribution is 2.46. The molecule has 0 radical (unpaired) electrons. The fraction of sp³-hybridized carbons (Fsp3) is 0.562. The van der Waals surface area contributed by atoms with Gasteiger partial charge >= 0.3 is 0 Å². The quantitative estimate of drug-likeness (QED) is 0.576. The number of carbonyl (C=O) groups excluding carboxylic acids is 1. The maximum atomic E-state index is 13.2. The Labute approximate surface area is 243 Å². The molecule has 1 N–H and O–H groups in total. The number of piperidine rings is 2. The second-order valence-corrected chi connectivity index (χ2v) is 12.9. The van der Waals surface area contributed by atoms with Crippen molar-refractivity contribution in [3.63, 3.8) is 0 Å². The van der Waals surface area contributed by atoms with Gasteiger partial charge < -0.3 is 20.0 Å². The highest BCUT2D eigenvalue weighted by atomic mass is 35.5. The van der Waals surface area contributed by atoms with Crippen molar-refractivity contribution in [2.24, 2.45) is 5.41 Å². The van der Waals surface area contributed by atoms with Crippen LogP contribution in [0, 0.1) is 16.7 Å². The number of carbonyl (C=O) groups is 1. The second-order valence-electron chi connectivity index (χ2n) is 12.5. The van der Waals surface area contributed by atoms with Gasteiger partial charge in [0.1, 0.15) is 6.07 Å². The number of nitrogens with zero attached hydrogens (tertiary/aromatic N) is 5. The van der Waals surface area contributed by atoms with Crippen LogP contribution >= 0.6 is 11.6 Å². The SMILES string of the molecule is CNC1CN(C2CCN(C(=O)c3ccc(N4CCC5(CC4)C[C@H](C)N(c4ccc(C#N)c(Cl)c4)C5)cc3)CC2)C1. The Morgan fingerprint density at radius 3 is 2.33 bits per heavy atom. The van der Waals surface area contributed by atoms with Crippen LogP contribution in [0.3, 0.4) is 0 Å². The molecule has 4 aliphatic heterocycles. The van der Waals surface area contributed by atoms with Crippen LogP contribution in [0.25, 0.3) is 0 Å². The summed E-state index contributed by atoms with van der Waals surface area (Å²) in [5.74, 6) is 0.169. The highest BCUT2D eigenvalue weighted by molar-refractivity contribution is 6.32. The average Bonchev–Trinajstić information content (AvgIpc) is 3.28. The lowest BCUT2D eigenvalue weighted by atomic mass is 9.76. The number of amides is 1. The summed E-state index contributed by atoms with van der Waals surface area (Å²) in [6, 6.07) is 18.0. The third-order valence-electron chi connectivity index (χ3n) is 10.1. The minimum absolute atomic E-state index is 0.169. The molecule has 212 valence electrons. The van der Waals surface area contributed by atoms with E-state index < -0.39 is 0 Å². The van der Waals surface area contributed by atoms with Gasteiger partial charge in [-0.2, -0.15) is 5.26 Å². The Hall–Kier alpha value is -2.79. The van der Waals surface area contributed by atoms with Gasteiger partial charge in [0, 0.05) is 80.9 Å². The van der Waals surface area contributed by atoms with Gasteiger partial charge in [-0.15, -0.1) is 0 Å². The Morgan fingerprint density at radius 2 is 1.70 bits per heavy atom.